The minimum absolute atomic E-state index is 0. The Balaban J connectivity index is 0.000000583. The normalized spacial score (nSPS) is 10.9. The van der Waals surface area contributed by atoms with Gasteiger partial charge in [0.2, 0.25) is 5.52 Å². The van der Waals surface area contributed by atoms with Crippen LogP contribution in [-0.2, 0) is 17.6 Å². The lowest BCUT2D eigenvalue weighted by Crippen LogP contribution is -2.28. The maximum Gasteiger partial charge on any atom is 0.255 e. The molecule has 0 amide bonds. The number of methoxy groups -OCH3 is 4. The molecule has 4 rings (SSSR count). The Labute approximate surface area is 190 Å². The van der Waals surface area contributed by atoms with Gasteiger partial charge in [-0.05, 0) is 35.7 Å². The largest absolute Gasteiger partial charge is 0.722 e. The number of ether oxygens (including phenoxy) is 4. The first-order valence-corrected chi connectivity index (χ1v) is 10.6. The number of benzene rings is 3. The average Bonchev–Trinajstić information content (AvgIpc) is 2.75. The van der Waals surface area contributed by atoms with Crippen molar-refractivity contribution in [3.63, 3.8) is 0 Å². The molecule has 0 saturated carbocycles. The fourth-order valence-corrected chi connectivity index (χ4v) is 3.74. The molecule has 33 heavy (non-hydrogen) atoms. The Bertz CT molecular complexity index is 1420. The van der Waals surface area contributed by atoms with E-state index in [0.717, 1.165) is 43.9 Å². The maximum absolute atomic E-state index is 10.1. The molecule has 0 fully saturated rings. The molecule has 0 unspecified atom stereocenters. The van der Waals surface area contributed by atoms with Gasteiger partial charge >= 0.3 is 0 Å². The van der Waals surface area contributed by atoms with Crippen LogP contribution in [0, 0.1) is 0 Å². The third-order valence-electron chi connectivity index (χ3n) is 5.03. The highest BCUT2D eigenvalue weighted by molar-refractivity contribution is 7.80. The number of aromatic nitrogens is 1. The second-order valence-electron chi connectivity index (χ2n) is 6.82. The Morgan fingerprint density at radius 3 is 1.67 bits per heavy atom. The Kier molecular flexibility index (Phi) is 7.85. The van der Waals surface area contributed by atoms with E-state index in [4.69, 9.17) is 31.9 Å². The van der Waals surface area contributed by atoms with E-state index in [1.165, 1.54) is 0 Å². The zero-order valence-electron chi connectivity index (χ0n) is 18.6. The van der Waals surface area contributed by atoms with Gasteiger partial charge in [0, 0.05) is 5.39 Å². The average molecular weight is 481 g/mol. The zero-order valence-corrected chi connectivity index (χ0v) is 19.4. The van der Waals surface area contributed by atoms with Gasteiger partial charge < -0.3 is 29.0 Å². The van der Waals surface area contributed by atoms with Crippen LogP contribution in [0.1, 0.15) is 0 Å². The summed E-state index contributed by atoms with van der Waals surface area (Å²) in [5.41, 5.74) is 1.12. The highest BCUT2D eigenvalue weighted by Gasteiger charge is 2.18. The molecule has 9 nitrogen and oxygen atoms in total. The summed E-state index contributed by atoms with van der Waals surface area (Å²) in [4.78, 5) is 0. The molecule has 11 heteroatoms. The van der Waals surface area contributed by atoms with E-state index in [2.05, 4.69) is 29.9 Å². The van der Waals surface area contributed by atoms with Crippen LogP contribution in [0.2, 0.25) is 0 Å². The Morgan fingerprint density at radius 2 is 1.18 bits per heavy atom. The van der Waals surface area contributed by atoms with Crippen molar-refractivity contribution in [1.82, 2.24) is 0 Å². The first-order valence-electron chi connectivity index (χ1n) is 9.29. The number of hydrogen-bond donors (Lipinski definition) is 0. The fourth-order valence-electron chi connectivity index (χ4n) is 3.74. The molecule has 0 aliphatic heterocycles. The van der Waals surface area contributed by atoms with Gasteiger partial charge in [-0.2, -0.15) is 4.57 Å². The molecule has 1 aromatic heterocycles. The lowest BCUT2D eigenvalue weighted by molar-refractivity contribution is -0.642. The number of pyridine rings is 1. The van der Waals surface area contributed by atoms with Crippen LogP contribution < -0.4 is 23.5 Å². The second-order valence-corrected chi connectivity index (χ2v) is 7.60. The molecule has 0 spiro atoms. The summed E-state index contributed by atoms with van der Waals surface area (Å²) < 4.78 is 59.4. The molecule has 0 saturated heterocycles. The van der Waals surface area contributed by atoms with E-state index < -0.39 is 10.5 Å². The van der Waals surface area contributed by atoms with Crippen molar-refractivity contribution >= 4 is 43.0 Å². The summed E-state index contributed by atoms with van der Waals surface area (Å²) in [6.45, 7) is 0. The second kappa shape index (κ2) is 10.0. The van der Waals surface area contributed by atoms with Gasteiger partial charge in [-0.1, -0.05) is 6.07 Å². The van der Waals surface area contributed by atoms with Crippen LogP contribution in [0.4, 0.5) is 3.89 Å². The topological polar surface area (TPSA) is 130 Å². The van der Waals surface area contributed by atoms with Crippen molar-refractivity contribution in [2.75, 3.05) is 28.4 Å². The van der Waals surface area contributed by atoms with Crippen LogP contribution in [0.3, 0.4) is 0 Å². The number of nitrogens with zero attached hydrogens (tertiary/aromatic N) is 1. The zero-order chi connectivity index (χ0) is 23.6. The highest BCUT2D eigenvalue weighted by atomic mass is 32.3. The van der Waals surface area contributed by atoms with Crippen LogP contribution in [0.25, 0.3) is 32.4 Å². The quantitative estimate of drug-likeness (QED) is 0.190. The number of aryl methyl sites for hydroxylation is 1. The van der Waals surface area contributed by atoms with Crippen molar-refractivity contribution in [2.45, 2.75) is 0 Å². The minimum atomic E-state index is -5.42. The van der Waals surface area contributed by atoms with Gasteiger partial charge in [0.25, 0.3) is 10.5 Å². The lowest BCUT2D eigenvalue weighted by Gasteiger charge is -2.12. The molecule has 4 aromatic rings. The van der Waals surface area contributed by atoms with Crippen LogP contribution in [0.5, 0.6) is 23.0 Å². The fraction of sp³-hybridized carbons (Fsp3) is 0.227. The predicted octanol–water partition coefficient (Wildman–Crippen LogP) is 2.60. The van der Waals surface area contributed by atoms with E-state index >= 15 is 0 Å². The van der Waals surface area contributed by atoms with E-state index in [0.29, 0.717) is 11.5 Å². The summed E-state index contributed by atoms with van der Waals surface area (Å²) in [5.74, 6) is 2.87. The standard InChI is InChI=1S/C22H22NO4.FHO3S.H2O/c1-23-12-14-9-19(25-3)20(26-4)10-16(14)15-7-6-13-8-18(24-2)21(27-5)11-17(13)22(15)23;1-5(2,3)4;/h6-12H,1-5H3;(H,2,3,4);1H2/q+1;;/p-1. The SMILES string of the molecule is COc1cc2c[n+](C)c3c4cc(OC)c(OC)cc4ccc3c2cc1OC.O.O=S(=O)([O-])F. The van der Waals surface area contributed by atoms with E-state index in [9.17, 15) is 3.89 Å². The maximum atomic E-state index is 10.1. The Morgan fingerprint density at radius 1 is 0.758 bits per heavy atom. The van der Waals surface area contributed by atoms with E-state index in [1.807, 2.05) is 24.3 Å². The van der Waals surface area contributed by atoms with E-state index in [-0.39, 0.29) is 5.48 Å². The van der Waals surface area contributed by atoms with Crippen LogP contribution >= 0.6 is 0 Å². The van der Waals surface area contributed by atoms with Gasteiger partial charge in [-0.3, -0.25) is 0 Å². The number of halogens is 1. The first kappa shape index (κ1) is 25.8. The molecule has 178 valence electrons. The molecule has 0 radical (unpaired) electrons. The molecule has 0 aliphatic rings. The summed E-state index contributed by atoms with van der Waals surface area (Å²) in [5, 5.41) is 5.52. The van der Waals surface area contributed by atoms with Gasteiger partial charge in [0.15, 0.2) is 29.2 Å². The number of hydrogen-bond acceptors (Lipinski definition) is 7. The van der Waals surface area contributed by atoms with Crippen LogP contribution in [0.15, 0.2) is 42.6 Å². The van der Waals surface area contributed by atoms with Gasteiger partial charge in [-0.25, -0.2) is 8.42 Å². The smallest absolute Gasteiger partial charge is 0.255 e. The summed E-state index contributed by atoms with van der Waals surface area (Å²) in [6.07, 6.45) is 2.11. The molecular weight excluding hydrogens is 457 g/mol. The van der Waals surface area contributed by atoms with Crippen LogP contribution in [-0.4, -0.2) is 46.9 Å². The summed E-state index contributed by atoms with van der Waals surface area (Å²) >= 11 is 0. The first-order chi connectivity index (χ1) is 15.1. The van der Waals surface area contributed by atoms with Crippen molar-refractivity contribution in [3.8, 4) is 23.0 Å². The van der Waals surface area contributed by atoms with E-state index in [1.54, 1.807) is 28.4 Å². The van der Waals surface area contributed by atoms with Gasteiger partial charge in [-0.15, -0.1) is 3.89 Å². The predicted molar refractivity (Wildman–Crippen MR) is 121 cm³/mol. The molecule has 3 aromatic carbocycles. The van der Waals surface area contributed by atoms with Gasteiger partial charge in [0.1, 0.15) is 7.05 Å². The Hall–Kier alpha value is -3.41. The van der Waals surface area contributed by atoms with Crippen molar-refractivity contribution in [2.24, 2.45) is 7.05 Å². The number of rotatable bonds is 4. The molecule has 1 heterocycles. The third-order valence-corrected chi connectivity index (χ3v) is 5.03. The minimum Gasteiger partial charge on any atom is -0.722 e. The van der Waals surface area contributed by atoms with Gasteiger partial charge in [0.05, 0.1) is 44.6 Å². The molecule has 0 aliphatic carbocycles. The van der Waals surface area contributed by atoms with Crippen molar-refractivity contribution in [1.29, 1.82) is 0 Å². The summed E-state index contributed by atoms with van der Waals surface area (Å²) in [7, 11) is 3.24. The monoisotopic (exact) mass is 481 g/mol. The third kappa shape index (κ3) is 5.33. The van der Waals surface area contributed by atoms with Crippen molar-refractivity contribution in [3.05, 3.63) is 42.6 Å². The highest BCUT2D eigenvalue weighted by Crippen LogP contribution is 2.38. The lowest BCUT2D eigenvalue weighted by atomic mass is 10.00. The molecule has 0 bridgehead atoms. The summed E-state index contributed by atoms with van der Waals surface area (Å²) in [6, 6.07) is 12.3. The van der Waals surface area contributed by atoms with Crippen molar-refractivity contribution < 1.29 is 45.8 Å². The molecular formula is C22H24FNO8S. The molecule has 0 atom stereocenters. The molecule has 2 N–H and O–H groups in total. The number of fused-ring (bicyclic) bond motifs is 5.